The van der Waals surface area contributed by atoms with Gasteiger partial charge in [-0.15, -0.1) is 0 Å². The normalized spacial score (nSPS) is 6.80. The zero-order valence-electron chi connectivity index (χ0n) is 4.37. The molecule has 0 atom stereocenters. The molecule has 0 aromatic heterocycles. The third-order valence-electron chi connectivity index (χ3n) is 0.936. The van der Waals surface area contributed by atoms with Crippen molar-refractivity contribution in [3.8, 4) is 0 Å². The Hall–Kier alpha value is 1.53. The Morgan fingerprint density at radius 3 is 1.90 bits per heavy atom. The Morgan fingerprint density at radius 1 is 1.10 bits per heavy atom. The van der Waals surface area contributed by atoms with Gasteiger partial charge in [0, 0.05) is 5.56 Å². The molecule has 0 bridgehead atoms. The summed E-state index contributed by atoms with van der Waals surface area (Å²) in [7, 11) is 0. The van der Waals surface area contributed by atoms with Gasteiger partial charge < -0.3 is 0 Å². The van der Waals surface area contributed by atoms with E-state index in [1.807, 2.05) is 18.2 Å². The van der Waals surface area contributed by atoms with Gasteiger partial charge in [0.1, 0.15) is 6.29 Å². The number of aldehydes is 1. The van der Waals surface area contributed by atoms with Crippen LogP contribution in [0.15, 0.2) is 30.3 Å². The Bertz CT molecular complexity index is 176. The zero-order valence-corrected chi connectivity index (χ0v) is 4.37. The molecule has 0 saturated heterocycles. The molecule has 0 saturated carbocycles. The van der Waals surface area contributed by atoms with E-state index in [0.29, 0.717) is 0 Å². The summed E-state index contributed by atoms with van der Waals surface area (Å²) in [6.45, 7) is 0. The number of carbonyl (C=O) groups is 1. The molecule has 3 heteroatoms. The van der Waals surface area contributed by atoms with Crippen molar-refractivity contribution in [2.45, 2.75) is 0 Å². The molecular formula is C7H8KNaO. The second-order valence-corrected chi connectivity index (χ2v) is 1.53. The monoisotopic (exact) mass is 170 g/mol. The van der Waals surface area contributed by atoms with Gasteiger partial charge in [-0.1, -0.05) is 30.3 Å². The van der Waals surface area contributed by atoms with E-state index in [1.165, 1.54) is 0 Å². The molecule has 0 N–H and O–H groups in total. The van der Waals surface area contributed by atoms with Gasteiger partial charge in [0.05, 0.1) is 0 Å². The van der Waals surface area contributed by atoms with Crippen LogP contribution in [0.5, 0.6) is 0 Å². The molecule has 0 heterocycles. The maximum atomic E-state index is 10.0. The summed E-state index contributed by atoms with van der Waals surface area (Å²) in [6, 6.07) is 9.10. The molecule has 0 unspecified atom stereocenters. The number of rotatable bonds is 1. The first kappa shape index (κ1) is 14.1. The molecule has 0 fully saturated rings. The van der Waals surface area contributed by atoms with Crippen molar-refractivity contribution < 1.29 is 4.79 Å². The van der Waals surface area contributed by atoms with Crippen LogP contribution in [-0.2, 0) is 0 Å². The van der Waals surface area contributed by atoms with Gasteiger partial charge in [-0.05, 0) is 0 Å². The van der Waals surface area contributed by atoms with Crippen LogP contribution < -0.4 is 0 Å². The van der Waals surface area contributed by atoms with E-state index in [1.54, 1.807) is 12.1 Å². The van der Waals surface area contributed by atoms with Crippen LogP contribution in [0, 0.1) is 0 Å². The molecule has 0 amide bonds. The predicted molar refractivity (Wildman–Crippen MR) is 46.1 cm³/mol. The van der Waals surface area contributed by atoms with Crippen molar-refractivity contribution in [3.05, 3.63) is 35.9 Å². The Morgan fingerprint density at radius 2 is 1.60 bits per heavy atom. The number of hydrogen-bond donors (Lipinski definition) is 0. The molecule has 0 spiro atoms. The van der Waals surface area contributed by atoms with Gasteiger partial charge in [0.2, 0.25) is 0 Å². The fourth-order valence-electron chi connectivity index (χ4n) is 0.532. The summed E-state index contributed by atoms with van der Waals surface area (Å²) < 4.78 is 0. The van der Waals surface area contributed by atoms with Crippen LogP contribution in [0.4, 0.5) is 0 Å². The van der Waals surface area contributed by atoms with Gasteiger partial charge in [0.15, 0.2) is 0 Å². The van der Waals surface area contributed by atoms with E-state index < -0.39 is 0 Å². The molecule has 1 aromatic rings. The van der Waals surface area contributed by atoms with Crippen molar-refractivity contribution in [2.75, 3.05) is 0 Å². The Labute approximate surface area is 125 Å². The van der Waals surface area contributed by atoms with Gasteiger partial charge in [0.25, 0.3) is 0 Å². The molecule has 1 rings (SSSR count). The average molecular weight is 170 g/mol. The predicted octanol–water partition coefficient (Wildman–Crippen LogP) is 0.202. The zero-order chi connectivity index (χ0) is 5.82. The topological polar surface area (TPSA) is 17.1 Å². The SMILES string of the molecule is O=Cc1ccccc1.[KH].[NaH]. The molecule has 0 aliphatic rings. The summed E-state index contributed by atoms with van der Waals surface area (Å²) in [6.07, 6.45) is 0.833. The third kappa shape index (κ3) is 5.21. The maximum absolute atomic E-state index is 10.0. The van der Waals surface area contributed by atoms with Gasteiger partial charge in [-0.25, -0.2) is 0 Å². The molecule has 10 heavy (non-hydrogen) atoms. The van der Waals surface area contributed by atoms with Crippen molar-refractivity contribution in [1.82, 2.24) is 0 Å². The minimum absolute atomic E-state index is 0. The number of carbonyl (C=O) groups excluding carboxylic acids is 1. The minimum atomic E-state index is 0. The number of benzene rings is 1. The van der Waals surface area contributed by atoms with E-state index >= 15 is 0 Å². The van der Waals surface area contributed by atoms with Gasteiger partial charge in [-0.3, -0.25) is 4.79 Å². The first-order chi connectivity index (χ1) is 3.93. The summed E-state index contributed by atoms with van der Waals surface area (Å²) in [5.41, 5.74) is 0.729. The van der Waals surface area contributed by atoms with E-state index in [4.69, 9.17) is 0 Å². The van der Waals surface area contributed by atoms with Crippen molar-refractivity contribution in [3.63, 3.8) is 0 Å². The van der Waals surface area contributed by atoms with Crippen molar-refractivity contribution in [2.24, 2.45) is 0 Å². The summed E-state index contributed by atoms with van der Waals surface area (Å²) in [5.74, 6) is 0. The first-order valence-electron chi connectivity index (χ1n) is 2.44. The number of hydrogen-bond acceptors (Lipinski definition) is 1. The first-order valence-corrected chi connectivity index (χ1v) is 2.44. The van der Waals surface area contributed by atoms with Crippen LogP contribution in [0.3, 0.4) is 0 Å². The van der Waals surface area contributed by atoms with Crippen molar-refractivity contribution in [1.29, 1.82) is 0 Å². The van der Waals surface area contributed by atoms with Gasteiger partial charge in [-0.2, -0.15) is 0 Å². The van der Waals surface area contributed by atoms with Crippen LogP contribution in [0.25, 0.3) is 0 Å². The quantitative estimate of drug-likeness (QED) is 0.435. The Balaban J connectivity index is 0. The standard InChI is InChI=1S/C7H6O.K.Na.2H/c8-6-7-4-2-1-3-5-7;;;;/h1-6H;;;;. The molecular weight excluding hydrogens is 162 g/mol. The molecule has 44 valence electrons. The van der Waals surface area contributed by atoms with E-state index in [2.05, 4.69) is 0 Å². The van der Waals surface area contributed by atoms with Crippen LogP contribution in [0.2, 0.25) is 0 Å². The fourth-order valence-corrected chi connectivity index (χ4v) is 0.532. The van der Waals surface area contributed by atoms with Crippen molar-refractivity contribution >= 4 is 87.2 Å². The summed E-state index contributed by atoms with van der Waals surface area (Å²) in [4.78, 5) is 10.0. The third-order valence-corrected chi connectivity index (χ3v) is 0.936. The van der Waals surface area contributed by atoms with Crippen LogP contribution in [0.1, 0.15) is 10.4 Å². The van der Waals surface area contributed by atoms with Crippen LogP contribution in [-0.4, -0.2) is 87.2 Å². The van der Waals surface area contributed by atoms with E-state index in [9.17, 15) is 4.79 Å². The molecule has 1 aromatic carbocycles. The second-order valence-electron chi connectivity index (χ2n) is 1.53. The summed E-state index contributed by atoms with van der Waals surface area (Å²) >= 11 is 0. The molecule has 1 nitrogen and oxygen atoms in total. The average Bonchev–Trinajstić information content (AvgIpc) is 1.90. The fraction of sp³-hybridized carbons (Fsp3) is 0. The van der Waals surface area contributed by atoms with Crippen LogP contribution >= 0.6 is 0 Å². The molecule has 0 aliphatic carbocycles. The molecule has 0 radical (unpaired) electrons. The van der Waals surface area contributed by atoms with Gasteiger partial charge >= 0.3 is 80.9 Å². The van der Waals surface area contributed by atoms with E-state index in [0.717, 1.165) is 11.8 Å². The van der Waals surface area contributed by atoms with E-state index in [-0.39, 0.29) is 80.9 Å². The second kappa shape index (κ2) is 8.62. The Kier molecular flexibility index (Phi) is 12.1. The summed E-state index contributed by atoms with van der Waals surface area (Å²) in [5, 5.41) is 0. The molecule has 0 aliphatic heterocycles.